The Morgan fingerprint density at radius 2 is 2.21 bits per heavy atom. The van der Waals surface area contributed by atoms with Gasteiger partial charge in [0.15, 0.2) is 0 Å². The lowest BCUT2D eigenvalue weighted by Crippen LogP contribution is -1.88. The van der Waals surface area contributed by atoms with Crippen molar-refractivity contribution in [2.75, 3.05) is 0 Å². The molecule has 0 aliphatic carbocycles. The van der Waals surface area contributed by atoms with Gasteiger partial charge in [0.25, 0.3) is 0 Å². The van der Waals surface area contributed by atoms with E-state index in [0.29, 0.717) is 0 Å². The van der Waals surface area contributed by atoms with Crippen LogP contribution in [0.1, 0.15) is 0 Å². The zero-order valence-corrected chi connectivity index (χ0v) is 7.38. The third-order valence-corrected chi connectivity index (χ3v) is 2.26. The Morgan fingerprint density at radius 3 is 3.07 bits per heavy atom. The zero-order valence-electron chi connectivity index (χ0n) is 7.38. The van der Waals surface area contributed by atoms with E-state index in [2.05, 4.69) is 21.2 Å². The van der Waals surface area contributed by atoms with Crippen molar-refractivity contribution in [3.05, 3.63) is 43.1 Å². The Hall–Kier alpha value is -2.10. The molecule has 4 heteroatoms. The number of aromatic nitrogens is 4. The standard InChI is InChI=1S/C10H8N4/c1-3-11-7-10-8(1)2-4-14(10)9-5-12-13-6-9/h1-7H,(H,12,13). The summed E-state index contributed by atoms with van der Waals surface area (Å²) in [5, 5.41) is 7.89. The molecule has 0 saturated carbocycles. The van der Waals surface area contributed by atoms with Crippen molar-refractivity contribution in [3.8, 4) is 5.69 Å². The van der Waals surface area contributed by atoms with Gasteiger partial charge in [0.1, 0.15) is 0 Å². The van der Waals surface area contributed by atoms with Crippen molar-refractivity contribution >= 4 is 10.9 Å². The van der Waals surface area contributed by atoms with Gasteiger partial charge in [-0.25, -0.2) is 0 Å². The quantitative estimate of drug-likeness (QED) is 0.626. The highest BCUT2D eigenvalue weighted by molar-refractivity contribution is 5.80. The molecular formula is C10H8N4. The Labute approximate surface area is 80.2 Å². The number of H-pyrrole nitrogens is 1. The van der Waals surface area contributed by atoms with Crippen LogP contribution in [0.2, 0.25) is 0 Å². The average Bonchev–Trinajstić information content (AvgIpc) is 2.85. The van der Waals surface area contributed by atoms with Crippen LogP contribution in [-0.4, -0.2) is 19.7 Å². The summed E-state index contributed by atoms with van der Waals surface area (Å²) in [5.74, 6) is 0. The van der Waals surface area contributed by atoms with Gasteiger partial charge in [0.05, 0.1) is 23.6 Å². The molecule has 3 heterocycles. The lowest BCUT2D eigenvalue weighted by molar-refractivity contribution is 1.09. The molecule has 0 amide bonds. The summed E-state index contributed by atoms with van der Waals surface area (Å²) >= 11 is 0. The Kier molecular flexibility index (Phi) is 1.41. The second-order valence-electron chi connectivity index (χ2n) is 3.08. The number of hydrogen-bond donors (Lipinski definition) is 1. The molecule has 0 radical (unpaired) electrons. The summed E-state index contributed by atoms with van der Waals surface area (Å²) < 4.78 is 2.05. The maximum atomic E-state index is 4.10. The van der Waals surface area contributed by atoms with Gasteiger partial charge in [0.2, 0.25) is 0 Å². The predicted octanol–water partition coefficient (Wildman–Crippen LogP) is 1.75. The molecule has 68 valence electrons. The third-order valence-electron chi connectivity index (χ3n) is 2.26. The maximum Gasteiger partial charge on any atom is 0.0836 e. The molecule has 0 spiro atoms. The molecule has 0 aromatic carbocycles. The van der Waals surface area contributed by atoms with E-state index >= 15 is 0 Å². The molecule has 3 aromatic heterocycles. The highest BCUT2D eigenvalue weighted by atomic mass is 15.1. The highest BCUT2D eigenvalue weighted by Gasteiger charge is 2.02. The fourth-order valence-corrected chi connectivity index (χ4v) is 1.58. The SMILES string of the molecule is c1cc2ccn(-c3cn[nH]c3)c2cn1. The largest absolute Gasteiger partial charge is 0.312 e. The minimum atomic E-state index is 1.02. The molecule has 4 nitrogen and oxygen atoms in total. The fourth-order valence-electron chi connectivity index (χ4n) is 1.58. The number of nitrogens with zero attached hydrogens (tertiary/aromatic N) is 3. The van der Waals surface area contributed by atoms with Crippen molar-refractivity contribution in [2.45, 2.75) is 0 Å². The average molecular weight is 184 g/mol. The Morgan fingerprint density at radius 1 is 1.21 bits per heavy atom. The molecule has 0 aliphatic rings. The van der Waals surface area contributed by atoms with Gasteiger partial charge in [0, 0.05) is 24.0 Å². The number of hydrogen-bond acceptors (Lipinski definition) is 2. The minimum absolute atomic E-state index is 1.02. The van der Waals surface area contributed by atoms with Gasteiger partial charge < -0.3 is 4.57 Å². The summed E-state index contributed by atoms with van der Waals surface area (Å²) in [4.78, 5) is 4.10. The first-order valence-electron chi connectivity index (χ1n) is 4.35. The van der Waals surface area contributed by atoms with Crippen molar-refractivity contribution in [2.24, 2.45) is 0 Å². The van der Waals surface area contributed by atoms with E-state index in [1.54, 1.807) is 12.4 Å². The Bertz CT molecular complexity index is 550. The molecule has 0 fully saturated rings. The van der Waals surface area contributed by atoms with E-state index in [-0.39, 0.29) is 0 Å². The van der Waals surface area contributed by atoms with E-state index < -0.39 is 0 Å². The monoisotopic (exact) mass is 184 g/mol. The normalized spacial score (nSPS) is 10.9. The van der Waals surface area contributed by atoms with E-state index in [0.717, 1.165) is 11.2 Å². The zero-order chi connectivity index (χ0) is 9.38. The van der Waals surface area contributed by atoms with E-state index in [1.165, 1.54) is 5.39 Å². The van der Waals surface area contributed by atoms with Crippen LogP contribution < -0.4 is 0 Å². The van der Waals surface area contributed by atoms with Crippen molar-refractivity contribution in [1.82, 2.24) is 19.7 Å². The van der Waals surface area contributed by atoms with E-state index in [9.17, 15) is 0 Å². The molecule has 3 rings (SSSR count). The Balaban J connectivity index is 2.33. The van der Waals surface area contributed by atoms with Crippen molar-refractivity contribution < 1.29 is 0 Å². The lowest BCUT2D eigenvalue weighted by Gasteiger charge is -1.99. The van der Waals surface area contributed by atoms with Crippen LogP contribution in [0.25, 0.3) is 16.6 Å². The molecule has 0 saturated heterocycles. The molecule has 1 N–H and O–H groups in total. The van der Waals surface area contributed by atoms with Crippen molar-refractivity contribution in [1.29, 1.82) is 0 Å². The maximum absolute atomic E-state index is 4.10. The second-order valence-corrected chi connectivity index (χ2v) is 3.08. The topological polar surface area (TPSA) is 46.5 Å². The highest BCUT2D eigenvalue weighted by Crippen LogP contribution is 2.17. The second kappa shape index (κ2) is 2.70. The molecule has 0 bridgehead atoms. The summed E-state index contributed by atoms with van der Waals surface area (Å²) in [7, 11) is 0. The molecule has 14 heavy (non-hydrogen) atoms. The van der Waals surface area contributed by atoms with Gasteiger partial charge in [-0.05, 0) is 12.1 Å². The molecule has 0 unspecified atom stereocenters. The lowest BCUT2D eigenvalue weighted by atomic mass is 10.3. The summed E-state index contributed by atoms with van der Waals surface area (Å²) in [6.07, 6.45) is 9.29. The van der Waals surface area contributed by atoms with Crippen LogP contribution in [0.4, 0.5) is 0 Å². The first-order chi connectivity index (χ1) is 6.95. The number of rotatable bonds is 1. The van der Waals surface area contributed by atoms with Crippen LogP contribution in [0.3, 0.4) is 0 Å². The summed E-state index contributed by atoms with van der Waals surface area (Å²) in [6.45, 7) is 0. The number of pyridine rings is 1. The van der Waals surface area contributed by atoms with Gasteiger partial charge in [-0.1, -0.05) is 0 Å². The van der Waals surface area contributed by atoms with Crippen LogP contribution in [0, 0.1) is 0 Å². The molecular weight excluding hydrogens is 176 g/mol. The van der Waals surface area contributed by atoms with Crippen LogP contribution in [0.5, 0.6) is 0 Å². The van der Waals surface area contributed by atoms with E-state index in [1.807, 2.05) is 29.2 Å². The van der Waals surface area contributed by atoms with Crippen LogP contribution >= 0.6 is 0 Å². The molecule has 0 aliphatic heterocycles. The first-order valence-corrected chi connectivity index (χ1v) is 4.35. The number of fused-ring (bicyclic) bond motifs is 1. The van der Waals surface area contributed by atoms with Gasteiger partial charge in [-0.2, -0.15) is 5.10 Å². The number of aromatic amines is 1. The smallest absolute Gasteiger partial charge is 0.0836 e. The summed E-state index contributed by atoms with van der Waals surface area (Å²) in [5.41, 5.74) is 2.11. The van der Waals surface area contributed by atoms with Gasteiger partial charge >= 0.3 is 0 Å². The summed E-state index contributed by atoms with van der Waals surface area (Å²) in [6, 6.07) is 4.05. The van der Waals surface area contributed by atoms with Gasteiger partial charge in [-0.15, -0.1) is 0 Å². The predicted molar refractivity (Wildman–Crippen MR) is 53.2 cm³/mol. The van der Waals surface area contributed by atoms with Crippen molar-refractivity contribution in [3.63, 3.8) is 0 Å². The third kappa shape index (κ3) is 0.939. The van der Waals surface area contributed by atoms with E-state index in [4.69, 9.17) is 0 Å². The van der Waals surface area contributed by atoms with Crippen LogP contribution in [-0.2, 0) is 0 Å². The minimum Gasteiger partial charge on any atom is -0.312 e. The van der Waals surface area contributed by atoms with Crippen LogP contribution in [0.15, 0.2) is 43.1 Å². The number of nitrogens with one attached hydrogen (secondary N) is 1. The first kappa shape index (κ1) is 7.32. The van der Waals surface area contributed by atoms with Gasteiger partial charge in [-0.3, -0.25) is 10.1 Å². The molecule has 0 atom stereocenters. The molecule has 3 aromatic rings. The fraction of sp³-hybridized carbons (Fsp3) is 0.